The number of benzene rings is 3. The second-order valence-corrected chi connectivity index (χ2v) is 9.46. The van der Waals surface area contributed by atoms with E-state index >= 15 is 0 Å². The van der Waals surface area contributed by atoms with Crippen LogP contribution in [0.25, 0.3) is 0 Å². The number of carbonyl (C=O) groups is 4. The van der Waals surface area contributed by atoms with Crippen LogP contribution in [-0.2, 0) is 16.0 Å². The largest absolute Gasteiger partial charge is 0.322 e. The second kappa shape index (κ2) is 13.1. The van der Waals surface area contributed by atoms with Gasteiger partial charge in [0.15, 0.2) is 0 Å². The zero-order valence-electron chi connectivity index (χ0n) is 23.3. The van der Waals surface area contributed by atoms with Gasteiger partial charge in [0.1, 0.15) is 5.82 Å². The maximum absolute atomic E-state index is 13.1. The molecule has 4 amide bonds. The molecule has 0 aliphatic heterocycles. The highest BCUT2D eigenvalue weighted by Gasteiger charge is 2.19. The summed E-state index contributed by atoms with van der Waals surface area (Å²) in [7, 11) is 0. The van der Waals surface area contributed by atoms with Crippen LogP contribution in [0.5, 0.6) is 0 Å². The van der Waals surface area contributed by atoms with Gasteiger partial charge in [0.25, 0.3) is 23.6 Å². The zero-order valence-corrected chi connectivity index (χ0v) is 23.3. The van der Waals surface area contributed by atoms with Crippen LogP contribution in [-0.4, -0.2) is 33.6 Å². The van der Waals surface area contributed by atoms with Gasteiger partial charge in [0, 0.05) is 23.2 Å². The lowest BCUT2D eigenvalue weighted by Crippen LogP contribution is -2.34. The molecule has 210 valence electrons. The standard InChI is InChI=1S/C33H29N5O4/c1-5-30(39)38(31(40)6-2)27-12-8-10-23(16-27)17-29-34-19-26(20-35-29)37-33(42)28-18-25(14-13-22(28)4)36-32(41)24-11-7-9-21(3)15-24/h5-16,18-20H,1-2,17H2,3-4H3,(H,36,41)(H,37,42). The minimum atomic E-state index is -0.567. The minimum Gasteiger partial charge on any atom is -0.322 e. The Bertz CT molecular complexity index is 1680. The van der Waals surface area contributed by atoms with Crippen LogP contribution in [0.3, 0.4) is 0 Å². The van der Waals surface area contributed by atoms with Gasteiger partial charge in [-0.3, -0.25) is 19.2 Å². The average molecular weight is 560 g/mol. The number of imide groups is 1. The molecule has 0 fully saturated rings. The van der Waals surface area contributed by atoms with Crippen molar-refractivity contribution in [1.82, 2.24) is 9.97 Å². The lowest BCUT2D eigenvalue weighted by molar-refractivity contribution is -0.121. The molecule has 9 nitrogen and oxygen atoms in total. The van der Waals surface area contributed by atoms with Crippen molar-refractivity contribution in [2.45, 2.75) is 20.3 Å². The van der Waals surface area contributed by atoms with Gasteiger partial charge in [0.05, 0.1) is 23.8 Å². The summed E-state index contributed by atoms with van der Waals surface area (Å²) >= 11 is 0. The van der Waals surface area contributed by atoms with E-state index in [1.54, 1.807) is 55.5 Å². The van der Waals surface area contributed by atoms with Crippen LogP contribution in [0.15, 0.2) is 104 Å². The van der Waals surface area contributed by atoms with Crippen LogP contribution in [0, 0.1) is 13.8 Å². The lowest BCUT2D eigenvalue weighted by Gasteiger charge is -2.18. The summed E-state index contributed by atoms with van der Waals surface area (Å²) < 4.78 is 0. The van der Waals surface area contributed by atoms with Gasteiger partial charge in [0.2, 0.25) is 0 Å². The fourth-order valence-electron chi connectivity index (χ4n) is 4.18. The predicted octanol–water partition coefficient (Wildman–Crippen LogP) is 5.42. The van der Waals surface area contributed by atoms with E-state index in [9.17, 15) is 19.2 Å². The normalized spacial score (nSPS) is 10.3. The van der Waals surface area contributed by atoms with Gasteiger partial charge in [-0.2, -0.15) is 0 Å². The quantitative estimate of drug-likeness (QED) is 0.264. The van der Waals surface area contributed by atoms with E-state index < -0.39 is 11.8 Å². The van der Waals surface area contributed by atoms with E-state index in [1.165, 1.54) is 12.4 Å². The third-order valence-electron chi connectivity index (χ3n) is 6.30. The molecule has 4 rings (SSSR count). The Morgan fingerprint density at radius 3 is 2.12 bits per heavy atom. The molecule has 0 spiro atoms. The van der Waals surface area contributed by atoms with Gasteiger partial charge in [-0.25, -0.2) is 14.9 Å². The molecule has 9 heteroatoms. The number of nitrogens with zero attached hydrogens (tertiary/aromatic N) is 3. The van der Waals surface area contributed by atoms with Crippen molar-refractivity contribution >= 4 is 40.7 Å². The van der Waals surface area contributed by atoms with Gasteiger partial charge < -0.3 is 10.6 Å². The SMILES string of the molecule is C=CC(=O)N(C(=O)C=C)c1cccc(Cc2ncc(NC(=O)c3cc(NC(=O)c4cccc(C)c4)ccc3C)cn2)c1. The van der Waals surface area contributed by atoms with E-state index in [-0.39, 0.29) is 11.8 Å². The molecule has 0 radical (unpaired) electrons. The number of carbonyl (C=O) groups excluding carboxylic acids is 4. The van der Waals surface area contributed by atoms with Crippen LogP contribution >= 0.6 is 0 Å². The molecule has 0 atom stereocenters. The fourth-order valence-corrected chi connectivity index (χ4v) is 4.18. The van der Waals surface area contributed by atoms with Crippen LogP contribution < -0.4 is 15.5 Å². The van der Waals surface area contributed by atoms with Gasteiger partial charge in [-0.15, -0.1) is 0 Å². The van der Waals surface area contributed by atoms with E-state index in [4.69, 9.17) is 0 Å². The monoisotopic (exact) mass is 559 g/mol. The molecule has 0 saturated carbocycles. The Balaban J connectivity index is 1.44. The number of amides is 4. The smallest absolute Gasteiger partial charge is 0.257 e. The minimum absolute atomic E-state index is 0.268. The maximum atomic E-state index is 13.1. The van der Waals surface area contributed by atoms with E-state index in [0.29, 0.717) is 40.4 Å². The first kappa shape index (κ1) is 29.3. The first-order valence-corrected chi connectivity index (χ1v) is 13.0. The molecule has 0 unspecified atom stereocenters. The molecule has 1 aromatic heterocycles. The Hall–Kier alpha value is -5.70. The summed E-state index contributed by atoms with van der Waals surface area (Å²) in [6.45, 7) is 10.6. The van der Waals surface area contributed by atoms with E-state index in [2.05, 4.69) is 33.8 Å². The summed E-state index contributed by atoms with van der Waals surface area (Å²) in [6.07, 6.45) is 5.43. The summed E-state index contributed by atoms with van der Waals surface area (Å²) in [5.41, 5.74) is 4.66. The molecule has 2 N–H and O–H groups in total. The topological polar surface area (TPSA) is 121 Å². The Labute approximate surface area is 243 Å². The third-order valence-corrected chi connectivity index (χ3v) is 6.30. The van der Waals surface area contributed by atoms with Crippen LogP contribution in [0.1, 0.15) is 43.2 Å². The predicted molar refractivity (Wildman–Crippen MR) is 162 cm³/mol. The highest BCUT2D eigenvalue weighted by atomic mass is 16.2. The number of nitrogens with one attached hydrogen (secondary N) is 2. The molecular weight excluding hydrogens is 530 g/mol. The highest BCUT2D eigenvalue weighted by molar-refractivity contribution is 6.21. The van der Waals surface area contributed by atoms with Crippen molar-refractivity contribution in [2.24, 2.45) is 0 Å². The Morgan fingerprint density at radius 1 is 0.786 bits per heavy atom. The molecule has 0 aliphatic rings. The van der Waals surface area contributed by atoms with Crippen molar-refractivity contribution in [1.29, 1.82) is 0 Å². The number of hydrogen-bond acceptors (Lipinski definition) is 6. The van der Waals surface area contributed by atoms with Crippen LogP contribution in [0.2, 0.25) is 0 Å². The molecule has 0 aliphatic carbocycles. The van der Waals surface area contributed by atoms with Crippen LogP contribution in [0.4, 0.5) is 17.1 Å². The number of anilines is 3. The number of aryl methyl sites for hydroxylation is 2. The molecule has 1 heterocycles. The molecule has 4 aromatic rings. The summed E-state index contributed by atoms with van der Waals surface area (Å²) in [5.74, 6) is -1.30. The Kier molecular flexibility index (Phi) is 9.14. The first-order valence-electron chi connectivity index (χ1n) is 13.0. The lowest BCUT2D eigenvalue weighted by atomic mass is 10.1. The number of hydrogen-bond donors (Lipinski definition) is 2. The fraction of sp³-hybridized carbons (Fsp3) is 0.0909. The Morgan fingerprint density at radius 2 is 1.45 bits per heavy atom. The molecule has 42 heavy (non-hydrogen) atoms. The molecule has 3 aromatic carbocycles. The average Bonchev–Trinajstić information content (AvgIpc) is 2.99. The van der Waals surface area contributed by atoms with Gasteiger partial charge in [-0.05, 0) is 73.5 Å². The van der Waals surface area contributed by atoms with Gasteiger partial charge >= 0.3 is 0 Å². The molecule has 0 bridgehead atoms. The first-order chi connectivity index (χ1) is 20.2. The number of rotatable bonds is 9. The summed E-state index contributed by atoms with van der Waals surface area (Å²) in [5, 5.41) is 5.63. The second-order valence-electron chi connectivity index (χ2n) is 9.46. The van der Waals surface area contributed by atoms with Gasteiger partial charge in [-0.1, -0.05) is 49.1 Å². The molecule has 0 saturated heterocycles. The number of aromatic nitrogens is 2. The maximum Gasteiger partial charge on any atom is 0.257 e. The summed E-state index contributed by atoms with van der Waals surface area (Å²) in [6, 6.07) is 19.2. The van der Waals surface area contributed by atoms with E-state index in [1.807, 2.05) is 25.1 Å². The third kappa shape index (κ3) is 7.08. The van der Waals surface area contributed by atoms with Crippen molar-refractivity contribution < 1.29 is 19.2 Å². The highest BCUT2D eigenvalue weighted by Crippen LogP contribution is 2.21. The molecular formula is C33H29N5O4. The van der Waals surface area contributed by atoms with Crippen molar-refractivity contribution in [3.63, 3.8) is 0 Å². The van der Waals surface area contributed by atoms with Crippen molar-refractivity contribution in [3.8, 4) is 0 Å². The van der Waals surface area contributed by atoms with Crippen molar-refractivity contribution in [3.05, 3.63) is 138 Å². The van der Waals surface area contributed by atoms with E-state index in [0.717, 1.165) is 33.7 Å². The zero-order chi connectivity index (χ0) is 30.2. The van der Waals surface area contributed by atoms with Crippen molar-refractivity contribution in [2.75, 3.05) is 15.5 Å². The summed E-state index contributed by atoms with van der Waals surface area (Å²) in [4.78, 5) is 59.9.